The minimum Gasteiger partial charge on any atom is -0.475 e. The molecule has 0 bridgehead atoms. The quantitative estimate of drug-likeness (QED) is 0.761. The Bertz CT molecular complexity index is 524. The number of nitrogens with zero attached hydrogens (tertiary/aromatic N) is 2. The van der Waals surface area contributed by atoms with E-state index in [4.69, 9.17) is 14.6 Å². The molecule has 27 heavy (non-hydrogen) atoms. The summed E-state index contributed by atoms with van der Waals surface area (Å²) in [4.78, 5) is 24.8. The molecule has 2 aliphatic heterocycles. The van der Waals surface area contributed by atoms with Crippen molar-refractivity contribution in [2.45, 2.75) is 44.0 Å². The molecule has 2 heterocycles. The molecular weight excluding hydrogens is 367 g/mol. The van der Waals surface area contributed by atoms with E-state index in [0.717, 1.165) is 32.3 Å². The molecule has 1 aliphatic carbocycles. The van der Waals surface area contributed by atoms with E-state index >= 15 is 0 Å². The molecule has 156 valence electrons. The number of ether oxygens (including phenoxy) is 1. The number of carboxylic acid groups (broad SMARTS) is 1. The highest BCUT2D eigenvalue weighted by Gasteiger charge is 2.45. The van der Waals surface area contributed by atoms with Gasteiger partial charge in [-0.25, -0.2) is 9.59 Å². The summed E-state index contributed by atoms with van der Waals surface area (Å²) in [6.07, 6.45) is 0.819. The van der Waals surface area contributed by atoms with E-state index in [-0.39, 0.29) is 6.03 Å². The second kappa shape index (κ2) is 9.09. The first-order chi connectivity index (χ1) is 12.6. The minimum atomic E-state index is -5.08. The number of aliphatic carboxylic acids is 1. The van der Waals surface area contributed by atoms with Crippen LogP contribution in [0.2, 0.25) is 0 Å². The van der Waals surface area contributed by atoms with Crippen molar-refractivity contribution >= 4 is 12.0 Å². The van der Waals surface area contributed by atoms with Gasteiger partial charge in [0, 0.05) is 51.6 Å². The molecule has 3 fully saturated rings. The van der Waals surface area contributed by atoms with Crippen molar-refractivity contribution in [1.29, 1.82) is 0 Å². The zero-order chi connectivity index (χ0) is 20.2. The molecule has 3 rings (SSSR count). The molecule has 0 aromatic heterocycles. The van der Waals surface area contributed by atoms with Crippen molar-refractivity contribution in [1.82, 2.24) is 15.1 Å². The van der Waals surface area contributed by atoms with Crippen molar-refractivity contribution in [3.8, 4) is 0 Å². The largest absolute Gasteiger partial charge is 0.490 e. The summed E-state index contributed by atoms with van der Waals surface area (Å²) in [5, 5.41) is 10.1. The van der Waals surface area contributed by atoms with Crippen molar-refractivity contribution in [3.63, 3.8) is 0 Å². The van der Waals surface area contributed by atoms with Crippen LogP contribution in [0, 0.1) is 11.8 Å². The van der Waals surface area contributed by atoms with Gasteiger partial charge in [-0.3, -0.25) is 4.90 Å². The Morgan fingerprint density at radius 3 is 2.33 bits per heavy atom. The Balaban J connectivity index is 0.000000321. The number of carbonyl (C=O) groups is 2. The van der Waals surface area contributed by atoms with E-state index in [1.165, 1.54) is 25.7 Å². The average molecular weight is 395 g/mol. The number of hydrogen-bond donors (Lipinski definition) is 2. The number of fused-ring (bicyclic) bond motifs is 1. The Morgan fingerprint density at radius 2 is 1.81 bits per heavy atom. The van der Waals surface area contributed by atoms with Gasteiger partial charge in [0.2, 0.25) is 0 Å². The summed E-state index contributed by atoms with van der Waals surface area (Å²) in [6.45, 7) is 3.82. The number of likely N-dealkylation sites (tertiary alicyclic amines) is 1. The van der Waals surface area contributed by atoms with E-state index in [0.29, 0.717) is 17.9 Å². The molecule has 0 spiro atoms. The molecule has 0 aromatic rings. The van der Waals surface area contributed by atoms with Gasteiger partial charge in [0.05, 0.1) is 12.7 Å². The van der Waals surface area contributed by atoms with Gasteiger partial charge in [-0.2, -0.15) is 13.2 Å². The molecule has 3 atom stereocenters. The third-order valence-corrected chi connectivity index (χ3v) is 5.47. The number of rotatable bonds is 3. The van der Waals surface area contributed by atoms with E-state index in [1.807, 2.05) is 0 Å². The highest BCUT2D eigenvalue weighted by atomic mass is 19.4. The van der Waals surface area contributed by atoms with Crippen LogP contribution in [0.25, 0.3) is 0 Å². The number of hydrogen-bond acceptors (Lipinski definition) is 4. The van der Waals surface area contributed by atoms with E-state index in [9.17, 15) is 18.0 Å². The van der Waals surface area contributed by atoms with Crippen molar-refractivity contribution in [3.05, 3.63) is 0 Å². The summed E-state index contributed by atoms with van der Waals surface area (Å²) in [5.41, 5.74) is 0. The Labute approximate surface area is 156 Å². The minimum absolute atomic E-state index is 0.000837. The monoisotopic (exact) mass is 395 g/mol. The number of carboxylic acids is 1. The van der Waals surface area contributed by atoms with Crippen molar-refractivity contribution in [2.24, 2.45) is 11.8 Å². The summed E-state index contributed by atoms with van der Waals surface area (Å²) >= 11 is 0. The lowest BCUT2D eigenvalue weighted by molar-refractivity contribution is -0.192. The Morgan fingerprint density at radius 1 is 1.22 bits per heavy atom. The number of urea groups is 1. The van der Waals surface area contributed by atoms with Crippen LogP contribution in [-0.4, -0.2) is 85.6 Å². The van der Waals surface area contributed by atoms with E-state index in [1.54, 1.807) is 19.0 Å². The van der Waals surface area contributed by atoms with Crippen LogP contribution in [0.1, 0.15) is 25.7 Å². The third kappa shape index (κ3) is 5.97. The molecule has 7 nitrogen and oxygen atoms in total. The zero-order valence-corrected chi connectivity index (χ0v) is 15.7. The van der Waals surface area contributed by atoms with Gasteiger partial charge < -0.3 is 20.1 Å². The fraction of sp³-hybridized carbons (Fsp3) is 0.882. The summed E-state index contributed by atoms with van der Waals surface area (Å²) in [5.74, 6) is -1.67. The lowest BCUT2D eigenvalue weighted by atomic mass is 9.93. The number of amides is 2. The molecule has 1 saturated carbocycles. The summed E-state index contributed by atoms with van der Waals surface area (Å²) in [6, 6.07) is 0.792. The van der Waals surface area contributed by atoms with Crippen molar-refractivity contribution in [2.75, 3.05) is 40.3 Å². The van der Waals surface area contributed by atoms with Gasteiger partial charge in [0.25, 0.3) is 0 Å². The topological polar surface area (TPSA) is 82.1 Å². The van der Waals surface area contributed by atoms with Gasteiger partial charge in [-0.05, 0) is 12.8 Å². The van der Waals surface area contributed by atoms with Crippen LogP contribution < -0.4 is 5.32 Å². The first-order valence-electron chi connectivity index (χ1n) is 9.20. The molecule has 3 aliphatic rings. The molecule has 0 radical (unpaired) electrons. The van der Waals surface area contributed by atoms with Gasteiger partial charge in [-0.1, -0.05) is 12.8 Å². The zero-order valence-electron chi connectivity index (χ0n) is 15.7. The third-order valence-electron chi connectivity index (χ3n) is 5.47. The lowest BCUT2D eigenvalue weighted by Crippen LogP contribution is -2.40. The molecular formula is C17H28F3N3O4. The maximum absolute atomic E-state index is 11.6. The van der Waals surface area contributed by atoms with Crippen LogP contribution in [-0.2, 0) is 9.53 Å². The molecule has 10 heteroatoms. The van der Waals surface area contributed by atoms with Gasteiger partial charge in [-0.15, -0.1) is 0 Å². The summed E-state index contributed by atoms with van der Waals surface area (Å²) < 4.78 is 37.7. The maximum atomic E-state index is 11.6. The first-order valence-corrected chi connectivity index (χ1v) is 9.20. The van der Waals surface area contributed by atoms with Crippen LogP contribution in [0.5, 0.6) is 0 Å². The average Bonchev–Trinajstić information content (AvgIpc) is 3.28. The predicted octanol–water partition coefficient (Wildman–Crippen LogP) is 1.78. The summed E-state index contributed by atoms with van der Waals surface area (Å²) in [7, 11) is 3.56. The second-order valence-electron chi connectivity index (χ2n) is 7.57. The number of carbonyl (C=O) groups excluding carboxylic acids is 1. The highest BCUT2D eigenvalue weighted by Crippen LogP contribution is 2.37. The molecule has 2 amide bonds. The first kappa shape index (κ1) is 21.7. The number of alkyl halides is 3. The van der Waals surface area contributed by atoms with Gasteiger partial charge in [0.1, 0.15) is 0 Å². The smallest absolute Gasteiger partial charge is 0.475 e. The maximum Gasteiger partial charge on any atom is 0.490 e. The van der Waals surface area contributed by atoms with E-state index in [2.05, 4.69) is 10.2 Å². The standard InChI is InChI=1S/C15H27N3O2.C2HF3O2/c1-17(2)15(19)16-7-11-10-20-14-9-18(8-13(11)14)12-5-3-4-6-12;3-2(4,5)1(6)7/h11-14H,3-10H2,1-2H3,(H,16,19);(H,6,7)/t11-,13+,14+;/m0./s1. The molecule has 2 saturated heterocycles. The predicted molar refractivity (Wildman–Crippen MR) is 91.3 cm³/mol. The normalized spacial score (nSPS) is 28.4. The fourth-order valence-electron chi connectivity index (χ4n) is 3.98. The molecule has 0 unspecified atom stereocenters. The van der Waals surface area contributed by atoms with Crippen LogP contribution in [0.4, 0.5) is 18.0 Å². The Hall–Kier alpha value is -1.55. The lowest BCUT2D eigenvalue weighted by Gasteiger charge is -2.25. The van der Waals surface area contributed by atoms with E-state index < -0.39 is 12.1 Å². The van der Waals surface area contributed by atoms with Crippen LogP contribution in [0.3, 0.4) is 0 Å². The highest BCUT2D eigenvalue weighted by molar-refractivity contribution is 5.73. The van der Waals surface area contributed by atoms with Gasteiger partial charge in [0.15, 0.2) is 0 Å². The SMILES string of the molecule is CN(C)C(=O)NC[C@H]1CO[C@@H]2CN(C3CCCC3)C[C@H]12.O=C(O)C(F)(F)F. The molecule has 0 aromatic carbocycles. The van der Waals surface area contributed by atoms with Crippen LogP contribution >= 0.6 is 0 Å². The number of halogens is 3. The molecule has 2 N–H and O–H groups in total. The number of nitrogens with one attached hydrogen (secondary N) is 1. The second-order valence-corrected chi connectivity index (χ2v) is 7.57. The van der Waals surface area contributed by atoms with Crippen LogP contribution in [0.15, 0.2) is 0 Å². The van der Waals surface area contributed by atoms with Gasteiger partial charge >= 0.3 is 18.2 Å². The fourth-order valence-corrected chi connectivity index (χ4v) is 3.98. The van der Waals surface area contributed by atoms with Crippen molar-refractivity contribution < 1.29 is 32.6 Å². The Kier molecular flexibility index (Phi) is 7.32.